The Kier molecular flexibility index (Phi) is 3.17. The Labute approximate surface area is 91.3 Å². The van der Waals surface area contributed by atoms with E-state index in [1.54, 1.807) is 7.05 Å². The molecule has 0 aromatic rings. The maximum Gasteiger partial charge on any atom is 0.159 e. The van der Waals surface area contributed by atoms with Gasteiger partial charge in [0.15, 0.2) is 5.17 Å². The zero-order valence-electron chi connectivity index (χ0n) is 8.20. The van der Waals surface area contributed by atoms with E-state index >= 15 is 0 Å². The first kappa shape index (κ1) is 11.2. The van der Waals surface area contributed by atoms with Crippen molar-refractivity contribution in [3.63, 3.8) is 0 Å². The molecular weight excluding hydrogens is 220 g/mol. The number of aliphatic hydroxyl groups excluding tert-OH is 3. The van der Waals surface area contributed by atoms with E-state index in [2.05, 4.69) is 10.3 Å². The van der Waals surface area contributed by atoms with Crippen molar-refractivity contribution < 1.29 is 20.1 Å². The molecule has 2 aliphatic heterocycles. The SMILES string of the molecule is CNC1=N[C@@H]2[C@@H](O)[C@H](O)[C@@H](CO)O[C@@H]2S1. The van der Waals surface area contributed by atoms with E-state index < -0.39 is 24.4 Å². The van der Waals surface area contributed by atoms with Gasteiger partial charge in [-0.2, -0.15) is 0 Å². The second-order valence-corrected chi connectivity index (χ2v) is 4.59. The third kappa shape index (κ3) is 1.85. The summed E-state index contributed by atoms with van der Waals surface area (Å²) in [5.41, 5.74) is -0.331. The van der Waals surface area contributed by atoms with Crippen molar-refractivity contribution >= 4 is 16.9 Å². The average molecular weight is 234 g/mol. The highest BCUT2D eigenvalue weighted by atomic mass is 32.2. The van der Waals surface area contributed by atoms with Crippen molar-refractivity contribution in [3.8, 4) is 0 Å². The molecule has 0 unspecified atom stereocenters. The summed E-state index contributed by atoms with van der Waals surface area (Å²) < 4.78 is 5.42. The van der Waals surface area contributed by atoms with Crippen LogP contribution in [0.25, 0.3) is 0 Å². The summed E-state index contributed by atoms with van der Waals surface area (Å²) in [6.07, 6.45) is -2.81. The first-order chi connectivity index (χ1) is 7.17. The number of aliphatic hydroxyl groups is 3. The predicted molar refractivity (Wildman–Crippen MR) is 55.6 cm³/mol. The molecule has 15 heavy (non-hydrogen) atoms. The number of nitrogens with zero attached hydrogens (tertiary/aromatic N) is 1. The minimum atomic E-state index is -1.09. The Morgan fingerprint density at radius 2 is 2.20 bits per heavy atom. The van der Waals surface area contributed by atoms with E-state index in [0.717, 1.165) is 0 Å². The minimum absolute atomic E-state index is 0.309. The molecule has 2 rings (SSSR count). The second kappa shape index (κ2) is 4.26. The van der Waals surface area contributed by atoms with E-state index in [1.807, 2.05) is 0 Å². The number of fused-ring (bicyclic) bond motifs is 1. The molecule has 0 spiro atoms. The van der Waals surface area contributed by atoms with Crippen molar-refractivity contribution in [3.05, 3.63) is 0 Å². The lowest BCUT2D eigenvalue weighted by molar-refractivity contribution is -0.164. The van der Waals surface area contributed by atoms with Crippen molar-refractivity contribution in [1.29, 1.82) is 0 Å². The van der Waals surface area contributed by atoms with Gasteiger partial charge in [-0.15, -0.1) is 0 Å². The van der Waals surface area contributed by atoms with E-state index in [9.17, 15) is 10.2 Å². The Balaban J connectivity index is 2.12. The maximum atomic E-state index is 9.77. The lowest BCUT2D eigenvalue weighted by Gasteiger charge is -2.37. The van der Waals surface area contributed by atoms with Gasteiger partial charge in [-0.1, -0.05) is 11.8 Å². The monoisotopic (exact) mass is 234 g/mol. The summed E-state index contributed by atoms with van der Waals surface area (Å²) in [6, 6.07) is -0.463. The smallest absolute Gasteiger partial charge is 0.159 e. The van der Waals surface area contributed by atoms with Gasteiger partial charge in [0.2, 0.25) is 0 Å². The maximum absolute atomic E-state index is 9.77. The van der Waals surface area contributed by atoms with Crippen LogP contribution in [0.5, 0.6) is 0 Å². The zero-order chi connectivity index (χ0) is 11.0. The number of aliphatic imine (C=N–C) groups is 1. The Hall–Kier alpha value is -0.340. The average Bonchev–Trinajstić information content (AvgIpc) is 2.66. The summed E-state index contributed by atoms with van der Waals surface area (Å²) in [7, 11) is 1.73. The molecule has 1 saturated heterocycles. The summed E-state index contributed by atoms with van der Waals surface area (Å²) in [5.74, 6) is 0. The molecule has 86 valence electrons. The van der Waals surface area contributed by atoms with Gasteiger partial charge >= 0.3 is 0 Å². The molecule has 0 radical (unpaired) electrons. The molecule has 0 aromatic heterocycles. The topological polar surface area (TPSA) is 94.3 Å². The molecule has 0 saturated carbocycles. The van der Waals surface area contributed by atoms with E-state index in [-0.39, 0.29) is 12.0 Å². The van der Waals surface area contributed by atoms with Gasteiger partial charge in [-0.25, -0.2) is 0 Å². The van der Waals surface area contributed by atoms with Gasteiger partial charge in [0.25, 0.3) is 0 Å². The molecule has 0 amide bonds. The Morgan fingerprint density at radius 3 is 2.80 bits per heavy atom. The Morgan fingerprint density at radius 1 is 1.47 bits per heavy atom. The van der Waals surface area contributed by atoms with Crippen LogP contribution >= 0.6 is 11.8 Å². The van der Waals surface area contributed by atoms with Gasteiger partial charge in [-0.3, -0.25) is 4.99 Å². The van der Waals surface area contributed by atoms with Crippen LogP contribution in [0.15, 0.2) is 4.99 Å². The number of ether oxygens (including phenoxy) is 1. The quantitative estimate of drug-likeness (QED) is 0.424. The van der Waals surface area contributed by atoms with Crippen LogP contribution in [-0.2, 0) is 4.74 Å². The van der Waals surface area contributed by atoms with Crippen molar-refractivity contribution in [2.45, 2.75) is 29.8 Å². The lowest BCUT2D eigenvalue weighted by atomic mass is 9.99. The molecule has 0 aliphatic carbocycles. The fourth-order valence-corrected chi connectivity index (χ4v) is 2.78. The molecule has 2 heterocycles. The summed E-state index contributed by atoms with van der Waals surface area (Å²) >= 11 is 1.35. The molecule has 5 atom stereocenters. The third-order valence-corrected chi connectivity index (χ3v) is 3.71. The van der Waals surface area contributed by atoms with Crippen molar-refractivity contribution in [1.82, 2.24) is 5.32 Å². The summed E-state index contributed by atoms with van der Waals surface area (Å²) in [4.78, 5) is 4.18. The fraction of sp³-hybridized carbons (Fsp3) is 0.875. The molecule has 2 aliphatic rings. The number of nitrogens with one attached hydrogen (secondary N) is 1. The standard InChI is InChI=1S/C8H14N2O4S/c1-9-8-10-4-6(13)5(12)3(2-11)14-7(4)15-8/h3-7,11-13H,2H2,1H3,(H,9,10)/t3-,4-,5-,6-,7-/m1/s1. The van der Waals surface area contributed by atoms with Crippen LogP contribution in [0.1, 0.15) is 0 Å². The van der Waals surface area contributed by atoms with Crippen molar-refractivity contribution in [2.75, 3.05) is 13.7 Å². The molecular formula is C8H14N2O4S. The van der Waals surface area contributed by atoms with Crippen molar-refractivity contribution in [2.24, 2.45) is 4.99 Å². The first-order valence-corrected chi connectivity index (χ1v) is 5.60. The minimum Gasteiger partial charge on any atom is -0.394 e. The highest BCUT2D eigenvalue weighted by Gasteiger charge is 2.47. The van der Waals surface area contributed by atoms with E-state index in [1.165, 1.54) is 11.8 Å². The van der Waals surface area contributed by atoms with Crippen LogP contribution in [0, 0.1) is 0 Å². The summed E-state index contributed by atoms with van der Waals surface area (Å²) in [6.45, 7) is -0.309. The second-order valence-electron chi connectivity index (χ2n) is 3.50. The van der Waals surface area contributed by atoms with Gasteiger partial charge in [-0.05, 0) is 0 Å². The number of hydrogen-bond acceptors (Lipinski definition) is 7. The Bertz CT molecular complexity index is 275. The number of rotatable bonds is 1. The molecule has 0 aromatic carbocycles. The lowest BCUT2D eigenvalue weighted by Crippen LogP contribution is -2.55. The number of amidine groups is 1. The molecule has 4 N–H and O–H groups in total. The summed E-state index contributed by atoms with van der Waals surface area (Å²) in [5, 5.41) is 31.9. The van der Waals surface area contributed by atoms with Gasteiger partial charge in [0.05, 0.1) is 6.61 Å². The predicted octanol–water partition coefficient (Wildman–Crippen LogP) is -1.88. The normalized spacial score (nSPS) is 44.8. The van der Waals surface area contributed by atoms with Crippen LogP contribution < -0.4 is 5.32 Å². The molecule has 6 nitrogen and oxygen atoms in total. The molecule has 7 heteroatoms. The molecule has 1 fully saturated rings. The van der Waals surface area contributed by atoms with E-state index in [4.69, 9.17) is 9.84 Å². The highest BCUT2D eigenvalue weighted by Crippen LogP contribution is 2.35. The largest absolute Gasteiger partial charge is 0.394 e. The number of thioether (sulfide) groups is 1. The van der Waals surface area contributed by atoms with Gasteiger partial charge in [0.1, 0.15) is 29.8 Å². The van der Waals surface area contributed by atoms with Crippen LogP contribution in [0.2, 0.25) is 0 Å². The fourth-order valence-electron chi connectivity index (χ4n) is 1.70. The third-order valence-electron chi connectivity index (χ3n) is 2.56. The van der Waals surface area contributed by atoms with Crippen LogP contribution in [-0.4, -0.2) is 63.9 Å². The number of hydrogen-bond donors (Lipinski definition) is 4. The van der Waals surface area contributed by atoms with Crippen LogP contribution in [0.3, 0.4) is 0 Å². The first-order valence-electron chi connectivity index (χ1n) is 4.72. The van der Waals surface area contributed by atoms with E-state index in [0.29, 0.717) is 5.17 Å². The van der Waals surface area contributed by atoms with Gasteiger partial charge < -0.3 is 25.4 Å². The van der Waals surface area contributed by atoms with Crippen LogP contribution in [0.4, 0.5) is 0 Å². The highest BCUT2D eigenvalue weighted by molar-refractivity contribution is 8.14. The zero-order valence-corrected chi connectivity index (χ0v) is 9.02. The molecule has 0 bridgehead atoms. The van der Waals surface area contributed by atoms with Gasteiger partial charge in [0, 0.05) is 7.05 Å².